The van der Waals surface area contributed by atoms with Gasteiger partial charge in [0.1, 0.15) is 11.6 Å². The maximum absolute atomic E-state index is 12.8. The van der Waals surface area contributed by atoms with Gasteiger partial charge in [-0.2, -0.15) is 0 Å². The summed E-state index contributed by atoms with van der Waals surface area (Å²) < 4.78 is 18.6. The predicted octanol–water partition coefficient (Wildman–Crippen LogP) is 4.82. The molecule has 0 aliphatic carbocycles. The van der Waals surface area contributed by atoms with Crippen molar-refractivity contribution in [3.8, 4) is 5.75 Å². The number of carbonyl (C=O) groups is 1. The molecule has 0 radical (unpaired) electrons. The molecule has 0 bridgehead atoms. The van der Waals surface area contributed by atoms with E-state index in [1.54, 1.807) is 29.7 Å². The van der Waals surface area contributed by atoms with Crippen LogP contribution in [0.3, 0.4) is 0 Å². The van der Waals surface area contributed by atoms with Gasteiger partial charge in [0, 0.05) is 29.0 Å². The molecule has 0 spiro atoms. The van der Waals surface area contributed by atoms with E-state index in [1.165, 1.54) is 54.7 Å². The molecule has 0 atom stereocenters. The molecule has 1 saturated heterocycles. The first-order valence-electron chi connectivity index (χ1n) is 9.88. The van der Waals surface area contributed by atoms with E-state index in [0.717, 1.165) is 24.3 Å². The monoisotopic (exact) mass is 434 g/mol. The van der Waals surface area contributed by atoms with Crippen LogP contribution in [0.2, 0.25) is 0 Å². The van der Waals surface area contributed by atoms with Gasteiger partial charge in [0.2, 0.25) is 5.91 Å². The highest BCUT2D eigenvalue weighted by molar-refractivity contribution is 7.99. The summed E-state index contributed by atoms with van der Waals surface area (Å²) in [4.78, 5) is 15.6. The Balaban J connectivity index is 1.23. The molecule has 29 heavy (non-hydrogen) atoms. The second-order valence-electron chi connectivity index (χ2n) is 6.96. The molecule has 1 aliphatic heterocycles. The summed E-state index contributed by atoms with van der Waals surface area (Å²) in [6, 6.07) is 8.48. The highest BCUT2D eigenvalue weighted by atomic mass is 32.2. The van der Waals surface area contributed by atoms with Crippen LogP contribution in [0.25, 0.3) is 0 Å². The summed E-state index contributed by atoms with van der Waals surface area (Å²) >= 11 is 3.26. The summed E-state index contributed by atoms with van der Waals surface area (Å²) in [5.41, 5.74) is 1.01. The molecule has 7 heteroatoms. The van der Waals surface area contributed by atoms with Crippen molar-refractivity contribution in [1.29, 1.82) is 0 Å². The van der Waals surface area contributed by atoms with Gasteiger partial charge in [-0.25, -0.2) is 4.39 Å². The molecule has 156 valence electrons. The van der Waals surface area contributed by atoms with Gasteiger partial charge in [-0.05, 0) is 55.9 Å². The topological polar surface area (TPSA) is 41.6 Å². The van der Waals surface area contributed by atoms with Crippen molar-refractivity contribution in [1.82, 2.24) is 10.2 Å². The maximum Gasteiger partial charge on any atom is 0.233 e. The van der Waals surface area contributed by atoms with Crippen LogP contribution >= 0.6 is 23.1 Å². The van der Waals surface area contributed by atoms with E-state index in [9.17, 15) is 9.18 Å². The number of halogens is 1. The Labute approximate surface area is 180 Å². The number of amides is 1. The Morgan fingerprint density at radius 2 is 2.07 bits per heavy atom. The molecule has 1 N–H and O–H groups in total. The van der Waals surface area contributed by atoms with Crippen molar-refractivity contribution in [2.24, 2.45) is 0 Å². The fraction of sp³-hybridized carbons (Fsp3) is 0.409. The average Bonchev–Trinajstić information content (AvgIpc) is 3.39. The van der Waals surface area contributed by atoms with Crippen molar-refractivity contribution < 1.29 is 13.9 Å². The van der Waals surface area contributed by atoms with E-state index >= 15 is 0 Å². The van der Waals surface area contributed by atoms with E-state index in [2.05, 4.69) is 21.7 Å². The smallest absolute Gasteiger partial charge is 0.233 e. The number of ether oxygens (including phenoxy) is 1. The predicted molar refractivity (Wildman–Crippen MR) is 119 cm³/mol. The third-order valence-corrected chi connectivity index (χ3v) is 6.44. The van der Waals surface area contributed by atoms with Crippen LogP contribution in [0.1, 0.15) is 29.7 Å². The van der Waals surface area contributed by atoms with Gasteiger partial charge in [-0.15, -0.1) is 23.1 Å². The molecule has 0 unspecified atom stereocenters. The van der Waals surface area contributed by atoms with Gasteiger partial charge >= 0.3 is 0 Å². The molecular formula is C22H27FN2O2S2. The SMILES string of the molecule is O=C(CSCc1ccc(F)cc1)N/C=C\CCOc1csc(CN2CCCC2)c1. The lowest BCUT2D eigenvalue weighted by molar-refractivity contribution is -0.117. The third kappa shape index (κ3) is 8.20. The molecule has 2 heterocycles. The van der Waals surface area contributed by atoms with Crippen LogP contribution in [0, 0.1) is 5.82 Å². The zero-order valence-corrected chi connectivity index (χ0v) is 18.1. The highest BCUT2D eigenvalue weighted by Crippen LogP contribution is 2.24. The molecule has 3 rings (SSSR count). The van der Waals surface area contributed by atoms with Crippen molar-refractivity contribution in [2.45, 2.75) is 31.6 Å². The first-order chi connectivity index (χ1) is 14.2. The molecule has 1 aromatic carbocycles. The van der Waals surface area contributed by atoms with E-state index in [4.69, 9.17) is 4.74 Å². The van der Waals surface area contributed by atoms with Crippen LogP contribution in [-0.4, -0.2) is 36.3 Å². The molecular weight excluding hydrogens is 407 g/mol. The number of hydrogen-bond acceptors (Lipinski definition) is 5. The Morgan fingerprint density at radius 1 is 1.28 bits per heavy atom. The van der Waals surface area contributed by atoms with Crippen molar-refractivity contribution in [2.75, 3.05) is 25.4 Å². The number of thioether (sulfide) groups is 1. The summed E-state index contributed by atoms with van der Waals surface area (Å²) in [5.74, 6) is 1.70. The largest absolute Gasteiger partial charge is 0.492 e. The third-order valence-electron chi connectivity index (χ3n) is 4.54. The molecule has 1 aromatic heterocycles. The number of benzene rings is 1. The fourth-order valence-corrected chi connectivity index (χ4v) is 4.69. The van der Waals surface area contributed by atoms with Crippen LogP contribution < -0.4 is 10.1 Å². The number of rotatable bonds is 11. The van der Waals surface area contributed by atoms with Gasteiger partial charge in [0.05, 0.1) is 12.4 Å². The van der Waals surface area contributed by atoms with Crippen LogP contribution in [-0.2, 0) is 17.1 Å². The Hall–Kier alpha value is -1.83. The molecule has 1 aliphatic rings. The minimum Gasteiger partial charge on any atom is -0.492 e. The quantitative estimate of drug-likeness (QED) is 0.515. The highest BCUT2D eigenvalue weighted by Gasteiger charge is 2.12. The van der Waals surface area contributed by atoms with Crippen LogP contribution in [0.15, 0.2) is 48.0 Å². The van der Waals surface area contributed by atoms with E-state index in [-0.39, 0.29) is 11.7 Å². The number of nitrogens with zero attached hydrogens (tertiary/aromatic N) is 1. The lowest BCUT2D eigenvalue weighted by Gasteiger charge is -2.12. The van der Waals surface area contributed by atoms with E-state index < -0.39 is 0 Å². The van der Waals surface area contributed by atoms with E-state index in [0.29, 0.717) is 18.1 Å². The minimum absolute atomic E-state index is 0.0429. The second-order valence-corrected chi connectivity index (χ2v) is 8.94. The van der Waals surface area contributed by atoms with E-state index in [1.807, 2.05) is 6.08 Å². The minimum atomic E-state index is -0.243. The molecule has 4 nitrogen and oxygen atoms in total. The summed E-state index contributed by atoms with van der Waals surface area (Å²) in [6.45, 7) is 4.02. The van der Waals surface area contributed by atoms with Gasteiger partial charge in [0.25, 0.3) is 0 Å². The van der Waals surface area contributed by atoms with Crippen molar-refractivity contribution in [3.63, 3.8) is 0 Å². The second kappa shape index (κ2) is 12.0. The Kier molecular flexibility index (Phi) is 9.05. The van der Waals surface area contributed by atoms with Crippen LogP contribution in [0.4, 0.5) is 4.39 Å². The molecule has 0 saturated carbocycles. The zero-order valence-electron chi connectivity index (χ0n) is 16.4. The van der Waals surface area contributed by atoms with Gasteiger partial charge in [-0.1, -0.05) is 18.2 Å². The number of likely N-dealkylation sites (tertiary alicyclic amines) is 1. The number of nitrogens with one attached hydrogen (secondary N) is 1. The zero-order chi connectivity index (χ0) is 20.3. The summed E-state index contributed by atoms with van der Waals surface area (Å²) in [7, 11) is 0. The first-order valence-corrected chi connectivity index (χ1v) is 11.9. The summed E-state index contributed by atoms with van der Waals surface area (Å²) in [5, 5.41) is 4.83. The lowest BCUT2D eigenvalue weighted by Crippen LogP contribution is -2.19. The number of hydrogen-bond donors (Lipinski definition) is 1. The normalized spacial score (nSPS) is 14.5. The van der Waals surface area contributed by atoms with Crippen LogP contribution in [0.5, 0.6) is 5.75 Å². The fourth-order valence-electron chi connectivity index (χ4n) is 3.04. The Bertz CT molecular complexity index is 786. The number of carbonyl (C=O) groups excluding carboxylic acids is 1. The Morgan fingerprint density at radius 3 is 2.86 bits per heavy atom. The molecule has 1 amide bonds. The van der Waals surface area contributed by atoms with Gasteiger partial charge in [-0.3, -0.25) is 9.69 Å². The van der Waals surface area contributed by atoms with Gasteiger partial charge in [0.15, 0.2) is 0 Å². The van der Waals surface area contributed by atoms with Crippen molar-refractivity contribution >= 4 is 29.0 Å². The summed E-state index contributed by atoms with van der Waals surface area (Å²) in [6.07, 6.45) is 6.94. The molecule has 1 fully saturated rings. The average molecular weight is 435 g/mol. The van der Waals surface area contributed by atoms with Gasteiger partial charge < -0.3 is 10.1 Å². The van der Waals surface area contributed by atoms with Crippen molar-refractivity contribution in [3.05, 3.63) is 64.2 Å². The first kappa shape index (κ1) is 21.9. The molecule has 2 aromatic rings. The number of thiophene rings is 1. The lowest BCUT2D eigenvalue weighted by atomic mass is 10.2. The standard InChI is InChI=1S/C22H27FN2O2S2/c23-19-7-5-18(6-8-19)15-28-17-22(26)24-9-1-4-12-27-20-13-21(29-16-20)14-25-10-2-3-11-25/h1,5-9,13,16H,2-4,10-12,14-15,17H2,(H,24,26)/b9-1-. The maximum atomic E-state index is 12.8.